The van der Waals surface area contributed by atoms with Crippen molar-refractivity contribution in [3.8, 4) is 0 Å². The van der Waals surface area contributed by atoms with Crippen molar-refractivity contribution in [2.75, 3.05) is 4.72 Å². The number of anilines is 1. The summed E-state index contributed by atoms with van der Waals surface area (Å²) in [5.74, 6) is 0. The van der Waals surface area contributed by atoms with Crippen LogP contribution in [0, 0.1) is 13.8 Å². The zero-order chi connectivity index (χ0) is 15.2. The van der Waals surface area contributed by atoms with Gasteiger partial charge in [0.2, 0.25) is 0 Å². The molecule has 2 aromatic heterocycles. The van der Waals surface area contributed by atoms with Gasteiger partial charge in [0.05, 0.1) is 5.69 Å². The molecule has 3 aromatic rings. The van der Waals surface area contributed by atoms with Crippen LogP contribution in [0.5, 0.6) is 0 Å². The van der Waals surface area contributed by atoms with Gasteiger partial charge in [-0.05, 0) is 25.0 Å². The highest BCUT2D eigenvalue weighted by molar-refractivity contribution is 7.92. The number of sulfonamides is 1. The predicted octanol–water partition coefficient (Wildman–Crippen LogP) is 3.47. The molecule has 5 nitrogen and oxygen atoms in total. The fraction of sp³-hybridized carbons (Fsp3) is 0.154. The number of nitrogens with one attached hydrogen (secondary N) is 1. The summed E-state index contributed by atoms with van der Waals surface area (Å²) in [7, 11) is -3.82. The van der Waals surface area contributed by atoms with Crippen LogP contribution in [0.25, 0.3) is 4.96 Å². The Morgan fingerprint density at radius 3 is 2.62 bits per heavy atom. The maximum Gasteiger partial charge on any atom is 0.281 e. The summed E-state index contributed by atoms with van der Waals surface area (Å²) in [6, 6.07) is 5.58. The summed E-state index contributed by atoms with van der Waals surface area (Å²) in [4.78, 5) is 4.60. The first-order valence-electron chi connectivity index (χ1n) is 6.10. The quantitative estimate of drug-likeness (QED) is 0.793. The molecule has 0 aliphatic rings. The molecule has 2 heterocycles. The van der Waals surface area contributed by atoms with Crippen LogP contribution in [0.3, 0.4) is 0 Å². The SMILES string of the molecule is Cc1cccc(C)c1NS(=O)(=O)c1c(Cl)nc2sccn12. The Hall–Kier alpha value is -1.57. The van der Waals surface area contributed by atoms with Gasteiger partial charge in [-0.2, -0.15) is 8.42 Å². The highest BCUT2D eigenvalue weighted by Crippen LogP contribution is 2.29. The zero-order valence-electron chi connectivity index (χ0n) is 11.3. The lowest BCUT2D eigenvalue weighted by Gasteiger charge is -2.12. The molecule has 0 fully saturated rings. The van der Waals surface area contributed by atoms with Crippen LogP contribution in [0.1, 0.15) is 11.1 Å². The number of hydrogen-bond donors (Lipinski definition) is 1. The van der Waals surface area contributed by atoms with Gasteiger partial charge in [0.15, 0.2) is 15.1 Å². The minimum absolute atomic E-state index is 0.0272. The summed E-state index contributed by atoms with van der Waals surface area (Å²) in [6.45, 7) is 3.70. The summed E-state index contributed by atoms with van der Waals surface area (Å²) in [5, 5.41) is 1.69. The Balaban J connectivity index is 2.13. The van der Waals surface area contributed by atoms with Crippen LogP contribution in [0.2, 0.25) is 5.15 Å². The van der Waals surface area contributed by atoms with Crippen molar-refractivity contribution < 1.29 is 8.42 Å². The van der Waals surface area contributed by atoms with E-state index in [0.29, 0.717) is 10.6 Å². The minimum Gasteiger partial charge on any atom is -0.278 e. The Bertz CT molecular complexity index is 908. The number of nitrogens with zero attached hydrogens (tertiary/aromatic N) is 2. The Kier molecular flexibility index (Phi) is 3.43. The van der Waals surface area contributed by atoms with Gasteiger partial charge in [-0.15, -0.1) is 11.3 Å². The molecule has 0 saturated heterocycles. The van der Waals surface area contributed by atoms with Gasteiger partial charge in [-0.1, -0.05) is 29.8 Å². The van der Waals surface area contributed by atoms with E-state index in [4.69, 9.17) is 11.6 Å². The second-order valence-electron chi connectivity index (χ2n) is 4.64. The fourth-order valence-electron chi connectivity index (χ4n) is 2.14. The first-order valence-corrected chi connectivity index (χ1v) is 8.84. The minimum atomic E-state index is -3.82. The van der Waals surface area contributed by atoms with Crippen molar-refractivity contribution in [3.63, 3.8) is 0 Å². The fourth-order valence-corrected chi connectivity index (χ4v) is 4.80. The molecule has 0 aliphatic heterocycles. The maximum absolute atomic E-state index is 12.6. The van der Waals surface area contributed by atoms with Crippen molar-refractivity contribution in [2.45, 2.75) is 18.9 Å². The summed E-state index contributed by atoms with van der Waals surface area (Å²) < 4.78 is 29.4. The smallest absolute Gasteiger partial charge is 0.278 e. The Labute approximate surface area is 131 Å². The first kappa shape index (κ1) is 14.4. The number of benzene rings is 1. The summed E-state index contributed by atoms with van der Waals surface area (Å²) in [5.41, 5.74) is 2.26. The third-order valence-electron chi connectivity index (χ3n) is 3.15. The van der Waals surface area contributed by atoms with Gasteiger partial charge < -0.3 is 0 Å². The highest BCUT2D eigenvalue weighted by atomic mass is 35.5. The molecule has 0 atom stereocenters. The van der Waals surface area contributed by atoms with Crippen molar-refractivity contribution in [1.29, 1.82) is 0 Å². The van der Waals surface area contributed by atoms with E-state index in [1.807, 2.05) is 32.0 Å². The van der Waals surface area contributed by atoms with Crippen LogP contribution in [-0.4, -0.2) is 17.8 Å². The van der Waals surface area contributed by atoms with Crippen molar-refractivity contribution in [2.24, 2.45) is 0 Å². The van der Waals surface area contributed by atoms with Crippen molar-refractivity contribution >= 4 is 43.6 Å². The van der Waals surface area contributed by atoms with Gasteiger partial charge in [0, 0.05) is 11.6 Å². The molecule has 0 spiro atoms. The van der Waals surface area contributed by atoms with Crippen LogP contribution in [0.15, 0.2) is 34.8 Å². The van der Waals surface area contributed by atoms with Crippen LogP contribution in [-0.2, 0) is 10.0 Å². The normalized spacial score (nSPS) is 12.0. The van der Waals surface area contributed by atoms with Gasteiger partial charge in [0.1, 0.15) is 0 Å². The van der Waals surface area contributed by atoms with Crippen LogP contribution >= 0.6 is 22.9 Å². The summed E-state index contributed by atoms with van der Waals surface area (Å²) >= 11 is 7.32. The Morgan fingerprint density at radius 2 is 1.95 bits per heavy atom. The number of para-hydroxylation sites is 1. The van der Waals surface area contributed by atoms with E-state index in [0.717, 1.165) is 11.1 Å². The number of aromatic nitrogens is 2. The topological polar surface area (TPSA) is 63.5 Å². The molecule has 0 radical (unpaired) electrons. The number of thiazole rings is 1. The third kappa shape index (κ3) is 2.41. The van der Waals surface area contributed by atoms with E-state index in [9.17, 15) is 8.42 Å². The second kappa shape index (κ2) is 5.01. The maximum atomic E-state index is 12.6. The van der Waals surface area contributed by atoms with Crippen LogP contribution in [0.4, 0.5) is 5.69 Å². The van der Waals surface area contributed by atoms with E-state index < -0.39 is 10.0 Å². The zero-order valence-corrected chi connectivity index (χ0v) is 13.7. The molecule has 3 rings (SSSR count). The van der Waals surface area contributed by atoms with Gasteiger partial charge in [-0.25, -0.2) is 4.98 Å². The number of hydrogen-bond acceptors (Lipinski definition) is 4. The molecule has 0 amide bonds. The molecular formula is C13H12ClN3O2S2. The molecular weight excluding hydrogens is 330 g/mol. The lowest BCUT2D eigenvalue weighted by Crippen LogP contribution is -2.16. The number of fused-ring (bicyclic) bond motifs is 1. The lowest BCUT2D eigenvalue weighted by atomic mass is 10.1. The Morgan fingerprint density at radius 1 is 1.29 bits per heavy atom. The third-order valence-corrected chi connectivity index (χ3v) is 5.65. The number of aryl methyl sites for hydroxylation is 2. The van der Waals surface area contributed by atoms with Gasteiger partial charge in [-0.3, -0.25) is 9.12 Å². The largest absolute Gasteiger partial charge is 0.281 e. The average molecular weight is 342 g/mol. The molecule has 0 bridgehead atoms. The van der Waals surface area contributed by atoms with Crippen molar-refractivity contribution in [1.82, 2.24) is 9.38 Å². The number of imidazole rings is 1. The summed E-state index contributed by atoms with van der Waals surface area (Å²) in [6.07, 6.45) is 1.64. The molecule has 0 aliphatic carbocycles. The predicted molar refractivity (Wildman–Crippen MR) is 84.8 cm³/mol. The van der Waals surface area contributed by atoms with E-state index in [1.165, 1.54) is 15.7 Å². The lowest BCUT2D eigenvalue weighted by molar-refractivity contribution is 0.596. The monoisotopic (exact) mass is 341 g/mol. The van der Waals surface area contributed by atoms with Gasteiger partial charge >= 0.3 is 0 Å². The standard InChI is InChI=1S/C13H12ClN3O2S2/c1-8-4-3-5-9(2)10(8)16-21(18,19)12-11(14)15-13-17(12)6-7-20-13/h3-7,16H,1-2H3. The van der Waals surface area contributed by atoms with E-state index in [1.54, 1.807) is 11.6 Å². The second-order valence-corrected chi connectivity index (χ2v) is 7.46. The molecule has 0 unspecified atom stereocenters. The molecule has 21 heavy (non-hydrogen) atoms. The molecule has 8 heteroatoms. The molecule has 1 aromatic carbocycles. The molecule has 1 N–H and O–H groups in total. The van der Waals surface area contributed by atoms with Gasteiger partial charge in [0.25, 0.3) is 10.0 Å². The van der Waals surface area contributed by atoms with Crippen LogP contribution < -0.4 is 4.72 Å². The number of rotatable bonds is 3. The van der Waals surface area contributed by atoms with E-state index in [2.05, 4.69) is 9.71 Å². The van der Waals surface area contributed by atoms with E-state index in [-0.39, 0.29) is 10.2 Å². The van der Waals surface area contributed by atoms with E-state index >= 15 is 0 Å². The average Bonchev–Trinajstić information content (AvgIpc) is 2.93. The molecule has 110 valence electrons. The first-order chi connectivity index (χ1) is 9.90. The highest BCUT2D eigenvalue weighted by Gasteiger charge is 2.26. The molecule has 0 saturated carbocycles. The van der Waals surface area contributed by atoms with Crippen molar-refractivity contribution in [3.05, 3.63) is 46.1 Å². The number of halogens is 1.